The van der Waals surface area contributed by atoms with Gasteiger partial charge in [-0.2, -0.15) is 10.2 Å². The van der Waals surface area contributed by atoms with Crippen LogP contribution in [0.15, 0.2) is 16.6 Å². The highest BCUT2D eigenvalue weighted by molar-refractivity contribution is 5.84. The van der Waals surface area contributed by atoms with Gasteiger partial charge in [-0.15, -0.1) is 10.2 Å². The molecular formula is C12H12N4O3. The molecule has 0 aromatic carbocycles. The van der Waals surface area contributed by atoms with Crippen LogP contribution in [0.3, 0.4) is 0 Å². The molecule has 0 saturated heterocycles. The monoisotopic (exact) mass is 260 g/mol. The normalized spacial score (nSPS) is 11.1. The standard InChI is InChI=1S/C12H12N4O3/c1-3-9-8(6-7(2)13-14-9)12-16-15-10(19-12)4-5-11(17)18/h4-6H,3H2,1-2H3,(H,17,18)/b5-4+. The minimum Gasteiger partial charge on any atom is -0.478 e. The number of carbonyl (C=O) groups is 1. The van der Waals surface area contributed by atoms with E-state index in [2.05, 4.69) is 20.4 Å². The summed E-state index contributed by atoms with van der Waals surface area (Å²) in [5.74, 6) is -0.635. The number of aliphatic carboxylic acids is 1. The van der Waals surface area contributed by atoms with Gasteiger partial charge in [-0.25, -0.2) is 4.79 Å². The van der Waals surface area contributed by atoms with Crippen LogP contribution in [0.1, 0.15) is 24.2 Å². The Labute approximate surface area is 109 Å². The topological polar surface area (TPSA) is 102 Å². The van der Waals surface area contributed by atoms with Gasteiger partial charge in [0.1, 0.15) is 0 Å². The molecule has 0 spiro atoms. The molecule has 0 atom stereocenters. The Morgan fingerprint density at radius 1 is 1.37 bits per heavy atom. The number of nitrogens with zero attached hydrogens (tertiary/aromatic N) is 4. The number of hydrogen-bond donors (Lipinski definition) is 1. The van der Waals surface area contributed by atoms with Gasteiger partial charge < -0.3 is 9.52 Å². The van der Waals surface area contributed by atoms with E-state index >= 15 is 0 Å². The van der Waals surface area contributed by atoms with Crippen LogP contribution in [0, 0.1) is 6.92 Å². The van der Waals surface area contributed by atoms with Crippen molar-refractivity contribution >= 4 is 12.0 Å². The highest BCUT2D eigenvalue weighted by Gasteiger charge is 2.13. The molecule has 0 bridgehead atoms. The average Bonchev–Trinajstić information content (AvgIpc) is 2.85. The van der Waals surface area contributed by atoms with Gasteiger partial charge in [-0.1, -0.05) is 6.92 Å². The fourth-order valence-corrected chi connectivity index (χ4v) is 1.51. The molecular weight excluding hydrogens is 248 g/mol. The second-order valence-electron chi connectivity index (χ2n) is 3.82. The van der Waals surface area contributed by atoms with Crippen molar-refractivity contribution in [3.8, 4) is 11.5 Å². The van der Waals surface area contributed by atoms with Crippen LogP contribution in [0.25, 0.3) is 17.5 Å². The highest BCUT2D eigenvalue weighted by atomic mass is 16.4. The lowest BCUT2D eigenvalue weighted by Crippen LogP contribution is -1.97. The lowest BCUT2D eigenvalue weighted by atomic mass is 10.1. The van der Waals surface area contributed by atoms with Gasteiger partial charge in [-0.3, -0.25) is 0 Å². The Bertz CT molecular complexity index is 634. The lowest BCUT2D eigenvalue weighted by Gasteiger charge is -2.01. The first-order chi connectivity index (χ1) is 9.10. The van der Waals surface area contributed by atoms with Crippen molar-refractivity contribution in [2.24, 2.45) is 0 Å². The fraction of sp³-hybridized carbons (Fsp3) is 0.250. The molecule has 1 N–H and O–H groups in total. The second kappa shape index (κ2) is 5.38. The van der Waals surface area contributed by atoms with E-state index in [1.165, 1.54) is 6.08 Å². The first-order valence-corrected chi connectivity index (χ1v) is 5.68. The van der Waals surface area contributed by atoms with E-state index in [1.54, 1.807) is 0 Å². The largest absolute Gasteiger partial charge is 0.478 e. The molecule has 0 aliphatic carbocycles. The SMILES string of the molecule is CCc1nnc(C)cc1-c1nnc(/C=C/C(=O)O)o1. The van der Waals surface area contributed by atoms with E-state index in [-0.39, 0.29) is 5.89 Å². The molecule has 2 aromatic heterocycles. The summed E-state index contributed by atoms with van der Waals surface area (Å²) in [5, 5.41) is 24.2. The Morgan fingerprint density at radius 3 is 2.84 bits per heavy atom. The Hall–Kier alpha value is -2.57. The number of rotatable bonds is 4. The smallest absolute Gasteiger partial charge is 0.328 e. The van der Waals surface area contributed by atoms with E-state index in [0.29, 0.717) is 12.3 Å². The van der Waals surface area contributed by atoms with Crippen molar-refractivity contribution in [1.82, 2.24) is 20.4 Å². The fourth-order valence-electron chi connectivity index (χ4n) is 1.51. The molecule has 2 heterocycles. The van der Waals surface area contributed by atoms with Crippen LogP contribution in [0.4, 0.5) is 0 Å². The molecule has 98 valence electrons. The quantitative estimate of drug-likeness (QED) is 0.831. The van der Waals surface area contributed by atoms with Gasteiger partial charge in [0.25, 0.3) is 0 Å². The van der Waals surface area contributed by atoms with Crippen molar-refractivity contribution in [3.63, 3.8) is 0 Å². The molecule has 0 aliphatic rings. The van der Waals surface area contributed by atoms with E-state index in [4.69, 9.17) is 9.52 Å². The summed E-state index contributed by atoms with van der Waals surface area (Å²) in [5.41, 5.74) is 2.22. The predicted molar refractivity (Wildman–Crippen MR) is 66.1 cm³/mol. The van der Waals surface area contributed by atoms with E-state index in [1.807, 2.05) is 19.9 Å². The molecule has 0 saturated carbocycles. The number of aromatic nitrogens is 4. The molecule has 7 heteroatoms. The average molecular weight is 260 g/mol. The summed E-state index contributed by atoms with van der Waals surface area (Å²) < 4.78 is 5.38. The van der Waals surface area contributed by atoms with Gasteiger partial charge in [0, 0.05) is 12.2 Å². The van der Waals surface area contributed by atoms with E-state index in [9.17, 15) is 4.79 Å². The Morgan fingerprint density at radius 2 is 2.16 bits per heavy atom. The third-order valence-corrected chi connectivity index (χ3v) is 2.37. The predicted octanol–water partition coefficient (Wildman–Crippen LogP) is 1.50. The number of aryl methyl sites for hydroxylation is 2. The summed E-state index contributed by atoms with van der Waals surface area (Å²) in [4.78, 5) is 10.4. The van der Waals surface area contributed by atoms with Gasteiger partial charge in [0.05, 0.1) is 17.0 Å². The van der Waals surface area contributed by atoms with Crippen LogP contribution in [-0.2, 0) is 11.2 Å². The molecule has 7 nitrogen and oxygen atoms in total. The molecule has 0 unspecified atom stereocenters. The summed E-state index contributed by atoms with van der Waals surface area (Å²) in [6, 6.07) is 1.81. The molecule has 2 aromatic rings. The van der Waals surface area contributed by atoms with Crippen molar-refractivity contribution in [1.29, 1.82) is 0 Å². The molecule has 19 heavy (non-hydrogen) atoms. The first kappa shape index (κ1) is 12.9. The number of carboxylic acids is 1. The third kappa shape index (κ3) is 3.01. The zero-order chi connectivity index (χ0) is 13.8. The molecule has 0 amide bonds. The minimum atomic E-state index is -1.07. The van der Waals surface area contributed by atoms with Crippen molar-refractivity contribution in [2.75, 3.05) is 0 Å². The van der Waals surface area contributed by atoms with Crippen LogP contribution in [0.5, 0.6) is 0 Å². The molecule has 2 rings (SSSR count). The van der Waals surface area contributed by atoms with Crippen LogP contribution in [0.2, 0.25) is 0 Å². The van der Waals surface area contributed by atoms with Gasteiger partial charge in [-0.05, 0) is 19.4 Å². The maximum absolute atomic E-state index is 10.4. The third-order valence-electron chi connectivity index (χ3n) is 2.37. The Kier molecular flexibility index (Phi) is 3.65. The van der Waals surface area contributed by atoms with Gasteiger partial charge in [0.15, 0.2) is 0 Å². The Balaban J connectivity index is 2.37. The number of carboxylic acid groups (broad SMARTS) is 1. The van der Waals surface area contributed by atoms with Crippen LogP contribution >= 0.6 is 0 Å². The van der Waals surface area contributed by atoms with Crippen molar-refractivity contribution in [3.05, 3.63) is 29.4 Å². The van der Waals surface area contributed by atoms with E-state index in [0.717, 1.165) is 23.0 Å². The minimum absolute atomic E-state index is 0.133. The molecule has 0 radical (unpaired) electrons. The van der Waals surface area contributed by atoms with Crippen LogP contribution < -0.4 is 0 Å². The highest BCUT2D eigenvalue weighted by Crippen LogP contribution is 2.22. The lowest BCUT2D eigenvalue weighted by molar-refractivity contribution is -0.131. The molecule has 0 fully saturated rings. The maximum atomic E-state index is 10.4. The first-order valence-electron chi connectivity index (χ1n) is 5.68. The zero-order valence-electron chi connectivity index (χ0n) is 10.5. The van der Waals surface area contributed by atoms with Crippen LogP contribution in [-0.4, -0.2) is 31.5 Å². The summed E-state index contributed by atoms with van der Waals surface area (Å²) in [7, 11) is 0. The van der Waals surface area contributed by atoms with Gasteiger partial charge >= 0.3 is 5.97 Å². The van der Waals surface area contributed by atoms with Crippen molar-refractivity contribution < 1.29 is 14.3 Å². The second-order valence-corrected chi connectivity index (χ2v) is 3.82. The van der Waals surface area contributed by atoms with Gasteiger partial charge in [0.2, 0.25) is 11.8 Å². The summed E-state index contributed by atoms with van der Waals surface area (Å²) in [6.07, 6.45) is 2.87. The summed E-state index contributed by atoms with van der Waals surface area (Å²) >= 11 is 0. The van der Waals surface area contributed by atoms with E-state index < -0.39 is 5.97 Å². The maximum Gasteiger partial charge on any atom is 0.328 e. The van der Waals surface area contributed by atoms with Crippen molar-refractivity contribution in [2.45, 2.75) is 20.3 Å². The zero-order valence-corrected chi connectivity index (χ0v) is 10.5. The number of hydrogen-bond acceptors (Lipinski definition) is 6. The summed E-state index contributed by atoms with van der Waals surface area (Å²) in [6.45, 7) is 3.77. The molecule has 0 aliphatic heterocycles.